The van der Waals surface area contributed by atoms with Crippen LogP contribution in [0.1, 0.15) is 20.8 Å². The van der Waals surface area contributed by atoms with Crippen LogP contribution < -0.4 is 5.32 Å². The van der Waals surface area contributed by atoms with E-state index in [9.17, 15) is 0 Å². The van der Waals surface area contributed by atoms with Gasteiger partial charge in [-0.15, -0.1) is 0 Å². The van der Waals surface area contributed by atoms with E-state index in [-0.39, 0.29) is 5.41 Å². The Morgan fingerprint density at radius 1 is 1.58 bits per heavy atom. The molecule has 12 heavy (non-hydrogen) atoms. The Labute approximate surface area is 74.5 Å². The van der Waals surface area contributed by atoms with Crippen molar-refractivity contribution in [2.75, 3.05) is 13.6 Å². The number of amidine groups is 1. The van der Waals surface area contributed by atoms with Gasteiger partial charge in [0.2, 0.25) is 0 Å². The molecule has 0 aliphatic carbocycles. The van der Waals surface area contributed by atoms with Crippen LogP contribution in [-0.4, -0.2) is 19.6 Å². The molecular weight excluding hydrogens is 152 g/mol. The van der Waals surface area contributed by atoms with Crippen molar-refractivity contribution in [2.24, 2.45) is 10.4 Å². The van der Waals surface area contributed by atoms with Gasteiger partial charge in [-0.1, -0.05) is 27.4 Å². The number of rotatable bonds is 2. The minimum atomic E-state index is 0.223. The molecule has 0 bridgehead atoms. The predicted molar refractivity (Wildman–Crippen MR) is 52.1 cm³/mol. The molecule has 0 aromatic heterocycles. The molecule has 0 unspecified atom stereocenters. The lowest BCUT2D eigenvalue weighted by Gasteiger charge is -2.19. The van der Waals surface area contributed by atoms with Crippen LogP contribution in [0, 0.1) is 5.41 Å². The molecule has 0 saturated heterocycles. The molecule has 0 aliphatic rings. The maximum Gasteiger partial charge on any atom is 0.289 e. The van der Waals surface area contributed by atoms with Crippen LogP contribution >= 0.6 is 0 Å². The first-order chi connectivity index (χ1) is 5.49. The van der Waals surface area contributed by atoms with Gasteiger partial charge in [-0.2, -0.15) is 0 Å². The summed E-state index contributed by atoms with van der Waals surface area (Å²) in [4.78, 5) is 3.89. The van der Waals surface area contributed by atoms with E-state index in [0.29, 0.717) is 6.02 Å². The van der Waals surface area contributed by atoms with Gasteiger partial charge < -0.3 is 10.1 Å². The van der Waals surface area contributed by atoms with E-state index in [2.05, 4.69) is 37.7 Å². The quantitative estimate of drug-likeness (QED) is 0.389. The van der Waals surface area contributed by atoms with Gasteiger partial charge in [0.05, 0.1) is 6.26 Å². The Morgan fingerprint density at radius 2 is 2.17 bits per heavy atom. The number of nitrogens with zero attached hydrogens (tertiary/aromatic N) is 1. The third-order valence-electron chi connectivity index (χ3n) is 1.17. The van der Waals surface area contributed by atoms with E-state index in [1.165, 1.54) is 6.26 Å². The van der Waals surface area contributed by atoms with Crippen molar-refractivity contribution in [3.63, 3.8) is 0 Å². The van der Waals surface area contributed by atoms with Crippen LogP contribution in [0.3, 0.4) is 0 Å². The summed E-state index contributed by atoms with van der Waals surface area (Å²) in [6.07, 6.45) is 1.36. The lowest BCUT2D eigenvalue weighted by atomic mass is 9.97. The molecule has 3 nitrogen and oxygen atoms in total. The van der Waals surface area contributed by atoms with Gasteiger partial charge in [0.25, 0.3) is 6.02 Å². The number of nitrogens with one attached hydrogen (secondary N) is 1. The van der Waals surface area contributed by atoms with Gasteiger partial charge >= 0.3 is 0 Å². The third kappa shape index (κ3) is 5.77. The Hall–Kier alpha value is -0.990. The molecule has 0 aromatic rings. The van der Waals surface area contributed by atoms with E-state index in [0.717, 1.165) is 6.54 Å². The van der Waals surface area contributed by atoms with E-state index >= 15 is 0 Å². The first-order valence-corrected chi connectivity index (χ1v) is 3.98. The summed E-state index contributed by atoms with van der Waals surface area (Å²) in [6, 6.07) is 0.514. The number of hydrogen-bond acceptors (Lipinski definition) is 2. The van der Waals surface area contributed by atoms with E-state index in [1.807, 2.05) is 0 Å². The first kappa shape index (κ1) is 11.0. The molecule has 3 heteroatoms. The van der Waals surface area contributed by atoms with Gasteiger partial charge in [0.1, 0.15) is 0 Å². The summed E-state index contributed by atoms with van der Waals surface area (Å²) in [5.41, 5.74) is 0.223. The van der Waals surface area contributed by atoms with Crippen LogP contribution in [0.25, 0.3) is 0 Å². The highest BCUT2D eigenvalue weighted by Crippen LogP contribution is 2.10. The molecule has 0 fully saturated rings. The zero-order chi connectivity index (χ0) is 9.61. The maximum absolute atomic E-state index is 4.99. The maximum atomic E-state index is 4.99. The summed E-state index contributed by atoms with van der Waals surface area (Å²) in [5, 5.41) is 3.07. The summed E-state index contributed by atoms with van der Waals surface area (Å²) in [7, 11) is 1.68. The summed E-state index contributed by atoms with van der Waals surface area (Å²) in [5.74, 6) is 0. The van der Waals surface area contributed by atoms with Gasteiger partial charge in [0.15, 0.2) is 0 Å². The second kappa shape index (κ2) is 4.80. The second-order valence-electron chi connectivity index (χ2n) is 3.73. The number of hydrogen-bond donors (Lipinski definition) is 1. The predicted octanol–water partition coefficient (Wildman–Crippen LogP) is 1.77. The number of ether oxygens (including phenoxy) is 1. The summed E-state index contributed by atoms with van der Waals surface area (Å²) >= 11 is 0. The highest BCUT2D eigenvalue weighted by atomic mass is 16.5. The number of aliphatic imine (C=N–C) groups is 1. The molecule has 0 aromatic carbocycles. The van der Waals surface area contributed by atoms with Gasteiger partial charge in [-0.05, 0) is 5.41 Å². The fraction of sp³-hybridized carbons (Fsp3) is 0.667. The van der Waals surface area contributed by atoms with Crippen molar-refractivity contribution < 1.29 is 4.74 Å². The van der Waals surface area contributed by atoms with Gasteiger partial charge in [0, 0.05) is 13.6 Å². The Morgan fingerprint density at radius 3 is 2.50 bits per heavy atom. The molecule has 0 rings (SSSR count). The van der Waals surface area contributed by atoms with Crippen molar-refractivity contribution in [3.05, 3.63) is 12.8 Å². The average Bonchev–Trinajstić information content (AvgIpc) is 1.96. The van der Waals surface area contributed by atoms with Crippen LogP contribution in [0.2, 0.25) is 0 Å². The molecule has 0 aliphatic heterocycles. The fourth-order valence-corrected chi connectivity index (χ4v) is 0.593. The molecule has 1 N–H and O–H groups in total. The second-order valence-corrected chi connectivity index (χ2v) is 3.73. The van der Waals surface area contributed by atoms with Crippen molar-refractivity contribution in [1.29, 1.82) is 0 Å². The van der Waals surface area contributed by atoms with E-state index in [4.69, 9.17) is 4.74 Å². The molecular formula is C9H18N2O. The molecule has 0 radical (unpaired) electrons. The monoisotopic (exact) mass is 170 g/mol. The molecule has 0 amide bonds. The highest BCUT2D eigenvalue weighted by molar-refractivity contribution is 5.73. The minimum Gasteiger partial charge on any atom is -0.435 e. The molecule has 0 saturated carbocycles. The largest absolute Gasteiger partial charge is 0.435 e. The lowest BCUT2D eigenvalue weighted by molar-refractivity contribution is 0.376. The van der Waals surface area contributed by atoms with Gasteiger partial charge in [-0.25, -0.2) is 4.99 Å². The van der Waals surface area contributed by atoms with Crippen molar-refractivity contribution in [3.8, 4) is 0 Å². The van der Waals surface area contributed by atoms with Crippen molar-refractivity contribution >= 4 is 6.02 Å². The Balaban J connectivity index is 3.82. The summed E-state index contributed by atoms with van der Waals surface area (Å²) < 4.78 is 4.99. The van der Waals surface area contributed by atoms with Crippen LogP contribution in [0.5, 0.6) is 0 Å². The normalized spacial score (nSPS) is 12.5. The standard InChI is InChI=1S/C9H18N2O/c1-6-12-8(10-5)11-7-9(2,3)4/h6H,1,7H2,2-5H3,(H,10,11). The van der Waals surface area contributed by atoms with Crippen LogP contribution in [-0.2, 0) is 4.74 Å². The SMILES string of the molecule is C=CO/C(=N\C)NCC(C)(C)C. The molecule has 0 heterocycles. The highest BCUT2D eigenvalue weighted by Gasteiger charge is 2.10. The fourth-order valence-electron chi connectivity index (χ4n) is 0.593. The molecule has 70 valence electrons. The minimum absolute atomic E-state index is 0.223. The zero-order valence-corrected chi connectivity index (χ0v) is 8.35. The Kier molecular flexibility index (Phi) is 4.40. The van der Waals surface area contributed by atoms with Crippen LogP contribution in [0.15, 0.2) is 17.8 Å². The van der Waals surface area contributed by atoms with Gasteiger partial charge in [-0.3, -0.25) is 0 Å². The Bertz CT molecular complexity index is 168. The summed E-state index contributed by atoms with van der Waals surface area (Å²) in [6.45, 7) is 10.7. The lowest BCUT2D eigenvalue weighted by Crippen LogP contribution is -2.32. The third-order valence-corrected chi connectivity index (χ3v) is 1.17. The smallest absolute Gasteiger partial charge is 0.289 e. The molecule has 0 atom stereocenters. The van der Waals surface area contributed by atoms with Crippen LogP contribution in [0.4, 0.5) is 0 Å². The van der Waals surface area contributed by atoms with E-state index in [1.54, 1.807) is 7.05 Å². The van der Waals surface area contributed by atoms with Crippen molar-refractivity contribution in [1.82, 2.24) is 5.32 Å². The zero-order valence-electron chi connectivity index (χ0n) is 8.35. The van der Waals surface area contributed by atoms with E-state index < -0.39 is 0 Å². The topological polar surface area (TPSA) is 33.6 Å². The average molecular weight is 170 g/mol. The first-order valence-electron chi connectivity index (χ1n) is 3.98. The molecule has 0 spiro atoms. The van der Waals surface area contributed by atoms with Crippen molar-refractivity contribution in [2.45, 2.75) is 20.8 Å².